The Kier molecular flexibility index (Phi) is 5.07. The maximum absolute atomic E-state index is 14.1. The fraction of sp³-hybridized carbons (Fsp3) is 0.538. The first-order valence-corrected chi connectivity index (χ1v) is 6.18. The molecule has 0 fully saturated rings. The Morgan fingerprint density at radius 3 is 2.78 bits per heavy atom. The summed E-state index contributed by atoms with van der Waals surface area (Å²) in [5.41, 5.74) is 0.0590. The Bertz CT molecular complexity index is 423. The highest BCUT2D eigenvalue weighted by molar-refractivity contribution is 5.95. The molecule has 1 aromatic rings. The van der Waals surface area contributed by atoms with Gasteiger partial charge in [-0.15, -0.1) is 0 Å². The Hall–Kier alpha value is -1.65. The largest absolute Gasteiger partial charge is 0.368 e. The lowest BCUT2D eigenvalue weighted by Crippen LogP contribution is -2.35. The van der Waals surface area contributed by atoms with Gasteiger partial charge in [0.05, 0.1) is 5.56 Å². The lowest BCUT2D eigenvalue weighted by molar-refractivity contribution is 0.0736. The summed E-state index contributed by atoms with van der Waals surface area (Å²) in [5.74, 6) is -0.774. The Balaban J connectivity index is 3.02. The molecular weight excluding hydrogens is 233 g/mol. The van der Waals surface area contributed by atoms with Crippen LogP contribution >= 0.6 is 0 Å². The number of nitrogens with zero attached hydrogens (tertiary/aromatic N) is 2. The van der Waals surface area contributed by atoms with E-state index in [2.05, 4.69) is 10.3 Å². The van der Waals surface area contributed by atoms with Gasteiger partial charge < -0.3 is 10.2 Å². The predicted molar refractivity (Wildman–Crippen MR) is 70.2 cm³/mol. The van der Waals surface area contributed by atoms with Gasteiger partial charge in [-0.3, -0.25) is 4.79 Å². The van der Waals surface area contributed by atoms with Crippen molar-refractivity contribution in [2.45, 2.75) is 33.2 Å². The number of hydrogen-bond acceptors (Lipinski definition) is 3. The Morgan fingerprint density at radius 2 is 2.22 bits per heavy atom. The van der Waals surface area contributed by atoms with Crippen molar-refractivity contribution in [3.63, 3.8) is 0 Å². The first-order chi connectivity index (χ1) is 8.52. The molecule has 0 aliphatic heterocycles. The fourth-order valence-electron chi connectivity index (χ4n) is 1.56. The molecule has 0 radical (unpaired) electrons. The molecule has 1 atom stereocenters. The van der Waals surface area contributed by atoms with Crippen LogP contribution in [0.3, 0.4) is 0 Å². The van der Waals surface area contributed by atoms with E-state index in [1.54, 1.807) is 11.9 Å². The van der Waals surface area contributed by atoms with Crippen molar-refractivity contribution >= 4 is 11.7 Å². The third kappa shape index (κ3) is 2.97. The van der Waals surface area contributed by atoms with Gasteiger partial charge in [0.2, 0.25) is 0 Å². The summed E-state index contributed by atoms with van der Waals surface area (Å²) in [7, 11) is 1.68. The van der Waals surface area contributed by atoms with Gasteiger partial charge in [0, 0.05) is 25.8 Å². The highest BCUT2D eigenvalue weighted by Gasteiger charge is 2.21. The molecule has 0 aliphatic rings. The van der Waals surface area contributed by atoms with Gasteiger partial charge in [-0.25, -0.2) is 9.37 Å². The molecule has 5 heteroatoms. The van der Waals surface area contributed by atoms with Crippen LogP contribution in [-0.2, 0) is 0 Å². The minimum atomic E-state index is -0.584. The van der Waals surface area contributed by atoms with Crippen LogP contribution in [0.2, 0.25) is 0 Å². The monoisotopic (exact) mass is 253 g/mol. The molecule has 0 saturated heterocycles. The van der Waals surface area contributed by atoms with Crippen LogP contribution in [0.15, 0.2) is 12.3 Å². The molecule has 0 saturated carbocycles. The third-order valence-electron chi connectivity index (χ3n) is 3.04. The Labute approximate surface area is 107 Å². The molecule has 1 unspecified atom stereocenters. The first kappa shape index (κ1) is 14.4. The van der Waals surface area contributed by atoms with E-state index in [1.165, 1.54) is 12.3 Å². The minimum Gasteiger partial charge on any atom is -0.368 e. The number of halogens is 1. The number of pyridine rings is 1. The molecule has 0 aliphatic carbocycles. The quantitative estimate of drug-likeness (QED) is 0.877. The third-order valence-corrected chi connectivity index (χ3v) is 3.04. The van der Waals surface area contributed by atoms with Crippen molar-refractivity contribution in [3.8, 4) is 0 Å². The predicted octanol–water partition coefficient (Wildman–Crippen LogP) is 2.52. The van der Waals surface area contributed by atoms with Crippen molar-refractivity contribution in [2.75, 3.05) is 18.9 Å². The van der Waals surface area contributed by atoms with Gasteiger partial charge >= 0.3 is 0 Å². The van der Waals surface area contributed by atoms with Crippen LogP contribution in [-0.4, -0.2) is 35.4 Å². The number of anilines is 1. The second kappa shape index (κ2) is 6.33. The molecule has 4 nitrogen and oxygen atoms in total. The molecule has 1 heterocycles. The molecule has 1 rings (SSSR count). The number of aromatic nitrogens is 1. The smallest absolute Gasteiger partial charge is 0.257 e. The van der Waals surface area contributed by atoms with Crippen molar-refractivity contribution in [2.24, 2.45) is 0 Å². The van der Waals surface area contributed by atoms with Crippen molar-refractivity contribution in [1.29, 1.82) is 0 Å². The first-order valence-electron chi connectivity index (χ1n) is 6.18. The highest BCUT2D eigenvalue weighted by atomic mass is 19.1. The number of rotatable bonds is 5. The van der Waals surface area contributed by atoms with Crippen LogP contribution in [0.25, 0.3) is 0 Å². The molecule has 1 amide bonds. The van der Waals surface area contributed by atoms with E-state index in [0.29, 0.717) is 6.54 Å². The normalized spacial score (nSPS) is 12.1. The summed E-state index contributed by atoms with van der Waals surface area (Å²) in [4.78, 5) is 17.6. The molecule has 0 bridgehead atoms. The van der Waals surface area contributed by atoms with E-state index in [1.807, 2.05) is 20.8 Å². The van der Waals surface area contributed by atoms with Crippen LogP contribution in [0.4, 0.5) is 10.2 Å². The van der Waals surface area contributed by atoms with E-state index in [9.17, 15) is 9.18 Å². The molecular formula is C13H20FN3O. The summed E-state index contributed by atoms with van der Waals surface area (Å²) in [5, 5.41) is 2.80. The van der Waals surface area contributed by atoms with E-state index >= 15 is 0 Å². The minimum absolute atomic E-state index is 0.0590. The molecule has 0 spiro atoms. The zero-order valence-electron chi connectivity index (χ0n) is 11.3. The number of nitrogens with one attached hydrogen (secondary N) is 1. The summed E-state index contributed by atoms with van der Waals surface area (Å²) in [6.07, 6.45) is 2.27. The lowest BCUT2D eigenvalue weighted by atomic mass is 10.1. The summed E-state index contributed by atoms with van der Waals surface area (Å²) >= 11 is 0. The maximum Gasteiger partial charge on any atom is 0.257 e. The van der Waals surface area contributed by atoms with E-state index < -0.39 is 5.82 Å². The van der Waals surface area contributed by atoms with Gasteiger partial charge in [-0.05, 0) is 26.3 Å². The molecule has 0 aromatic carbocycles. The van der Waals surface area contributed by atoms with E-state index in [0.717, 1.165) is 6.42 Å². The van der Waals surface area contributed by atoms with Gasteiger partial charge in [0.1, 0.15) is 0 Å². The summed E-state index contributed by atoms with van der Waals surface area (Å²) in [6.45, 7) is 6.33. The van der Waals surface area contributed by atoms with Crippen LogP contribution in [0.1, 0.15) is 37.6 Å². The van der Waals surface area contributed by atoms with Gasteiger partial charge in [0.15, 0.2) is 11.6 Å². The van der Waals surface area contributed by atoms with Gasteiger partial charge in [-0.1, -0.05) is 6.92 Å². The lowest BCUT2D eigenvalue weighted by Gasteiger charge is -2.24. The number of hydrogen-bond donors (Lipinski definition) is 1. The van der Waals surface area contributed by atoms with Crippen LogP contribution in [0.5, 0.6) is 0 Å². The highest BCUT2D eigenvalue weighted by Crippen LogP contribution is 2.17. The second-order valence-corrected chi connectivity index (χ2v) is 4.22. The number of carbonyl (C=O) groups excluding carboxylic acids is 1. The Morgan fingerprint density at radius 1 is 1.56 bits per heavy atom. The number of carbonyl (C=O) groups is 1. The van der Waals surface area contributed by atoms with Crippen molar-refractivity contribution in [1.82, 2.24) is 9.88 Å². The number of amides is 1. The topological polar surface area (TPSA) is 45.2 Å². The average molecular weight is 253 g/mol. The SMILES string of the molecule is CCNc1nccc(C(=O)N(C)C(C)CC)c1F. The zero-order valence-corrected chi connectivity index (χ0v) is 11.3. The summed E-state index contributed by atoms with van der Waals surface area (Å²) < 4.78 is 14.1. The fourth-order valence-corrected chi connectivity index (χ4v) is 1.56. The average Bonchev–Trinajstić information content (AvgIpc) is 2.39. The van der Waals surface area contributed by atoms with E-state index in [-0.39, 0.29) is 23.3 Å². The zero-order chi connectivity index (χ0) is 13.7. The molecule has 100 valence electrons. The van der Waals surface area contributed by atoms with Crippen molar-refractivity contribution in [3.05, 3.63) is 23.6 Å². The second-order valence-electron chi connectivity index (χ2n) is 4.22. The maximum atomic E-state index is 14.1. The molecule has 18 heavy (non-hydrogen) atoms. The van der Waals surface area contributed by atoms with Crippen LogP contribution < -0.4 is 5.32 Å². The van der Waals surface area contributed by atoms with Crippen LogP contribution in [0, 0.1) is 5.82 Å². The van der Waals surface area contributed by atoms with E-state index in [4.69, 9.17) is 0 Å². The van der Waals surface area contributed by atoms with Gasteiger partial charge in [-0.2, -0.15) is 0 Å². The van der Waals surface area contributed by atoms with Crippen molar-refractivity contribution < 1.29 is 9.18 Å². The standard InChI is InChI=1S/C13H20FN3O/c1-5-9(3)17(4)13(18)10-7-8-16-12(11(10)14)15-6-2/h7-9H,5-6H2,1-4H3,(H,15,16). The van der Waals surface area contributed by atoms with Gasteiger partial charge in [0.25, 0.3) is 5.91 Å². The molecule has 1 N–H and O–H groups in total. The molecule has 1 aromatic heterocycles. The summed E-state index contributed by atoms with van der Waals surface area (Å²) in [6, 6.07) is 1.49.